The highest BCUT2D eigenvalue weighted by atomic mass is 32.2. The SMILES string of the molecule is Cc1cc(C)c(S(=O)(=O)Nc2ccc3c(c2)N(C(=O)C2CCCC2)CC3)c(C)c1. The van der Waals surface area contributed by atoms with Crippen LogP contribution in [0.2, 0.25) is 0 Å². The summed E-state index contributed by atoms with van der Waals surface area (Å²) in [5, 5.41) is 0. The van der Waals surface area contributed by atoms with Crippen LogP contribution in [0.25, 0.3) is 0 Å². The third kappa shape index (κ3) is 3.78. The Hall–Kier alpha value is -2.34. The second-order valence-corrected chi connectivity index (χ2v) is 10.0. The number of hydrogen-bond donors (Lipinski definition) is 1. The molecular weight excluding hydrogens is 384 g/mol. The third-order valence-electron chi connectivity index (χ3n) is 6.08. The van der Waals surface area contributed by atoms with E-state index in [1.165, 1.54) is 0 Å². The van der Waals surface area contributed by atoms with Crippen molar-refractivity contribution in [3.8, 4) is 0 Å². The third-order valence-corrected chi connectivity index (χ3v) is 7.76. The minimum atomic E-state index is -3.72. The molecule has 1 aliphatic carbocycles. The number of sulfonamides is 1. The first-order valence-electron chi connectivity index (χ1n) is 10.3. The molecule has 1 N–H and O–H groups in total. The molecule has 0 saturated heterocycles. The van der Waals surface area contributed by atoms with Crippen LogP contribution < -0.4 is 9.62 Å². The molecule has 0 spiro atoms. The highest BCUT2D eigenvalue weighted by Gasteiger charge is 2.32. The van der Waals surface area contributed by atoms with Gasteiger partial charge in [0.25, 0.3) is 10.0 Å². The van der Waals surface area contributed by atoms with Gasteiger partial charge in [-0.2, -0.15) is 0 Å². The summed E-state index contributed by atoms with van der Waals surface area (Å²) in [5.41, 5.74) is 4.94. The van der Waals surface area contributed by atoms with Crippen molar-refractivity contribution in [2.24, 2.45) is 5.92 Å². The zero-order valence-corrected chi connectivity index (χ0v) is 18.1. The van der Waals surface area contributed by atoms with E-state index in [4.69, 9.17) is 0 Å². The molecule has 0 radical (unpaired) electrons. The smallest absolute Gasteiger partial charge is 0.262 e. The van der Waals surface area contributed by atoms with Gasteiger partial charge in [0, 0.05) is 18.2 Å². The predicted octanol–water partition coefficient (Wildman–Crippen LogP) is 4.49. The van der Waals surface area contributed by atoms with Crippen LogP contribution in [-0.2, 0) is 21.2 Å². The van der Waals surface area contributed by atoms with Gasteiger partial charge in [0.05, 0.1) is 10.6 Å². The Morgan fingerprint density at radius 2 is 1.69 bits per heavy atom. The topological polar surface area (TPSA) is 66.5 Å². The Bertz CT molecular complexity index is 1050. The molecule has 1 aliphatic heterocycles. The molecule has 0 atom stereocenters. The molecule has 29 heavy (non-hydrogen) atoms. The van der Waals surface area contributed by atoms with Crippen molar-refractivity contribution in [1.29, 1.82) is 0 Å². The molecular formula is C23H28N2O3S. The summed E-state index contributed by atoms with van der Waals surface area (Å²) in [7, 11) is -3.72. The maximum absolute atomic E-state index is 13.1. The zero-order chi connectivity index (χ0) is 20.8. The molecule has 1 heterocycles. The van der Waals surface area contributed by atoms with Gasteiger partial charge in [0.15, 0.2) is 0 Å². The summed E-state index contributed by atoms with van der Waals surface area (Å²) in [4.78, 5) is 15.1. The van der Waals surface area contributed by atoms with E-state index >= 15 is 0 Å². The average molecular weight is 413 g/mol. The maximum Gasteiger partial charge on any atom is 0.262 e. The maximum atomic E-state index is 13.1. The number of nitrogens with zero attached hydrogens (tertiary/aromatic N) is 1. The van der Waals surface area contributed by atoms with Gasteiger partial charge in [-0.25, -0.2) is 8.42 Å². The Morgan fingerprint density at radius 3 is 2.34 bits per heavy atom. The normalized spacial score (nSPS) is 16.9. The van der Waals surface area contributed by atoms with E-state index in [1.807, 2.05) is 49.9 Å². The van der Waals surface area contributed by atoms with Crippen LogP contribution in [-0.4, -0.2) is 20.9 Å². The second kappa shape index (κ2) is 7.48. The number of carbonyl (C=O) groups excluding carboxylic acids is 1. The first-order chi connectivity index (χ1) is 13.8. The van der Waals surface area contributed by atoms with Gasteiger partial charge in [-0.3, -0.25) is 9.52 Å². The quantitative estimate of drug-likeness (QED) is 0.804. The van der Waals surface area contributed by atoms with E-state index in [1.54, 1.807) is 6.07 Å². The molecule has 1 amide bonds. The Kier molecular flexibility index (Phi) is 5.15. The average Bonchev–Trinajstić information content (AvgIpc) is 3.29. The molecule has 154 valence electrons. The monoisotopic (exact) mass is 412 g/mol. The molecule has 2 aromatic carbocycles. The van der Waals surface area contributed by atoms with E-state index in [2.05, 4.69) is 4.72 Å². The van der Waals surface area contributed by atoms with Crippen LogP contribution in [0.1, 0.15) is 47.9 Å². The van der Waals surface area contributed by atoms with Crippen LogP contribution in [0, 0.1) is 26.7 Å². The van der Waals surface area contributed by atoms with Gasteiger partial charge in [0.1, 0.15) is 0 Å². The van der Waals surface area contributed by atoms with Crippen molar-refractivity contribution in [2.45, 2.75) is 57.8 Å². The summed E-state index contributed by atoms with van der Waals surface area (Å²) in [5.74, 6) is 0.297. The number of fused-ring (bicyclic) bond motifs is 1. The number of aryl methyl sites for hydroxylation is 3. The first kappa shape index (κ1) is 20.0. The number of rotatable bonds is 4. The number of nitrogens with one attached hydrogen (secondary N) is 1. The van der Waals surface area contributed by atoms with Crippen LogP contribution >= 0.6 is 0 Å². The Labute approximate surface area is 173 Å². The predicted molar refractivity (Wildman–Crippen MR) is 116 cm³/mol. The van der Waals surface area contributed by atoms with Gasteiger partial charge in [-0.05, 0) is 68.9 Å². The van der Waals surface area contributed by atoms with Gasteiger partial charge >= 0.3 is 0 Å². The number of hydrogen-bond acceptors (Lipinski definition) is 3. The number of amides is 1. The molecule has 0 unspecified atom stereocenters. The molecule has 0 aromatic heterocycles. The molecule has 4 rings (SSSR count). The van der Waals surface area contributed by atoms with Crippen LogP contribution in [0.4, 0.5) is 11.4 Å². The van der Waals surface area contributed by atoms with Crippen LogP contribution in [0.15, 0.2) is 35.2 Å². The van der Waals surface area contributed by atoms with Crippen molar-refractivity contribution < 1.29 is 13.2 Å². The lowest BCUT2D eigenvalue weighted by Gasteiger charge is -2.22. The number of benzene rings is 2. The van der Waals surface area contributed by atoms with Crippen LogP contribution in [0.3, 0.4) is 0 Å². The second-order valence-electron chi connectivity index (χ2n) is 8.40. The van der Waals surface area contributed by atoms with E-state index in [0.717, 1.165) is 60.0 Å². The van der Waals surface area contributed by atoms with E-state index in [-0.39, 0.29) is 11.8 Å². The number of carbonyl (C=O) groups is 1. The fourth-order valence-electron chi connectivity index (χ4n) is 4.86. The van der Waals surface area contributed by atoms with Gasteiger partial charge in [-0.15, -0.1) is 0 Å². The summed E-state index contributed by atoms with van der Waals surface area (Å²) < 4.78 is 28.9. The zero-order valence-electron chi connectivity index (χ0n) is 17.3. The first-order valence-corrected chi connectivity index (χ1v) is 11.8. The van der Waals surface area contributed by atoms with Gasteiger partial charge < -0.3 is 4.90 Å². The highest BCUT2D eigenvalue weighted by Crippen LogP contribution is 2.36. The summed E-state index contributed by atoms with van der Waals surface area (Å²) in [6.07, 6.45) is 4.97. The minimum absolute atomic E-state index is 0.110. The molecule has 2 aromatic rings. The van der Waals surface area contributed by atoms with Crippen molar-refractivity contribution in [3.05, 3.63) is 52.6 Å². The van der Waals surface area contributed by atoms with E-state index in [0.29, 0.717) is 17.1 Å². The molecule has 1 fully saturated rings. The van der Waals surface area contributed by atoms with Gasteiger partial charge in [0.2, 0.25) is 5.91 Å². The summed E-state index contributed by atoms with van der Waals surface area (Å²) >= 11 is 0. The Balaban J connectivity index is 1.63. The molecule has 2 aliphatic rings. The lowest BCUT2D eigenvalue weighted by Crippen LogP contribution is -2.33. The summed E-state index contributed by atoms with van der Waals surface area (Å²) in [6.45, 7) is 6.27. The highest BCUT2D eigenvalue weighted by molar-refractivity contribution is 7.92. The lowest BCUT2D eigenvalue weighted by atomic mass is 10.1. The van der Waals surface area contributed by atoms with Crippen molar-refractivity contribution in [2.75, 3.05) is 16.2 Å². The fraction of sp³-hybridized carbons (Fsp3) is 0.435. The van der Waals surface area contributed by atoms with Crippen molar-refractivity contribution in [1.82, 2.24) is 0 Å². The Morgan fingerprint density at radius 1 is 1.03 bits per heavy atom. The van der Waals surface area contributed by atoms with E-state index in [9.17, 15) is 13.2 Å². The fourth-order valence-corrected chi connectivity index (χ4v) is 6.37. The molecule has 6 heteroatoms. The van der Waals surface area contributed by atoms with Crippen LogP contribution in [0.5, 0.6) is 0 Å². The minimum Gasteiger partial charge on any atom is -0.312 e. The van der Waals surface area contributed by atoms with Gasteiger partial charge in [-0.1, -0.05) is 36.6 Å². The number of anilines is 2. The van der Waals surface area contributed by atoms with E-state index < -0.39 is 10.0 Å². The molecule has 1 saturated carbocycles. The lowest BCUT2D eigenvalue weighted by molar-refractivity contribution is -0.122. The molecule has 0 bridgehead atoms. The largest absolute Gasteiger partial charge is 0.312 e. The van der Waals surface area contributed by atoms with Crippen molar-refractivity contribution in [3.63, 3.8) is 0 Å². The standard InChI is InChI=1S/C23H28N2O3S/c1-15-12-16(2)22(17(3)13-15)29(27,28)24-20-9-8-18-10-11-25(21(18)14-20)23(26)19-6-4-5-7-19/h8-9,12-14,19,24H,4-7,10-11H2,1-3H3. The van der Waals surface area contributed by atoms with Crippen molar-refractivity contribution >= 4 is 27.3 Å². The molecule has 5 nitrogen and oxygen atoms in total. The summed E-state index contributed by atoms with van der Waals surface area (Å²) in [6, 6.07) is 9.30.